The third kappa shape index (κ3) is 5.65. The molecule has 3 fully saturated rings. The number of hydrogen-bond donors (Lipinski definition) is 1. The van der Waals surface area contributed by atoms with Crippen LogP contribution in [0, 0.1) is 11.8 Å². The fourth-order valence-corrected chi connectivity index (χ4v) is 8.81. The van der Waals surface area contributed by atoms with E-state index in [1.807, 2.05) is 35.5 Å². The van der Waals surface area contributed by atoms with E-state index in [2.05, 4.69) is 20.1 Å². The first kappa shape index (κ1) is 29.8. The van der Waals surface area contributed by atoms with Crippen molar-refractivity contribution in [2.45, 2.75) is 94.2 Å². The number of amides is 3. The minimum atomic E-state index is -0.575. The van der Waals surface area contributed by atoms with Gasteiger partial charge in [0.1, 0.15) is 6.04 Å². The van der Waals surface area contributed by atoms with Crippen molar-refractivity contribution in [2.75, 3.05) is 32.8 Å². The molecule has 0 radical (unpaired) electrons. The lowest BCUT2D eigenvalue weighted by atomic mass is 9.70. The van der Waals surface area contributed by atoms with Crippen LogP contribution in [0.5, 0.6) is 0 Å². The average molecular weight is 534 g/mol. The number of hydrogen-bond acceptors (Lipinski definition) is 5. The second-order valence-corrected chi connectivity index (χ2v) is 13.3. The number of aliphatic hydroxyl groups excluding tert-OH is 1. The van der Waals surface area contributed by atoms with Gasteiger partial charge < -0.3 is 19.8 Å². The molecule has 7 nitrogen and oxygen atoms in total. The smallest absolute Gasteiger partial charge is 0.247 e. The lowest BCUT2D eigenvalue weighted by Crippen LogP contribution is -2.58. The molecule has 2 bridgehead atoms. The maximum absolute atomic E-state index is 14.3. The van der Waals surface area contributed by atoms with Gasteiger partial charge in [0.25, 0.3) is 0 Å². The summed E-state index contributed by atoms with van der Waals surface area (Å²) < 4.78 is -0.568. The van der Waals surface area contributed by atoms with Gasteiger partial charge in [-0.05, 0) is 52.9 Å². The molecule has 3 amide bonds. The monoisotopic (exact) mass is 533 g/mol. The minimum absolute atomic E-state index is 0.0311. The predicted octanol–water partition coefficient (Wildman–Crippen LogP) is 3.87. The Kier molecular flexibility index (Phi) is 9.95. The number of likely N-dealkylation sites (tertiary alicyclic amines) is 1. The van der Waals surface area contributed by atoms with E-state index in [4.69, 9.17) is 5.11 Å². The Hall–Kier alpha value is -1.80. The van der Waals surface area contributed by atoms with Crippen molar-refractivity contribution >= 4 is 29.5 Å². The highest BCUT2D eigenvalue weighted by molar-refractivity contribution is 8.02. The van der Waals surface area contributed by atoms with Crippen LogP contribution in [0.25, 0.3) is 0 Å². The van der Waals surface area contributed by atoms with Crippen LogP contribution in [-0.4, -0.2) is 91.9 Å². The number of carbonyl (C=O) groups excluding carboxylic acids is 3. The molecule has 2 unspecified atom stereocenters. The molecule has 3 saturated heterocycles. The first-order valence-electron chi connectivity index (χ1n) is 14.0. The summed E-state index contributed by atoms with van der Waals surface area (Å²) in [7, 11) is 0. The molecule has 3 rings (SSSR count). The van der Waals surface area contributed by atoms with Crippen molar-refractivity contribution in [2.24, 2.45) is 11.8 Å². The Morgan fingerprint density at radius 2 is 1.81 bits per heavy atom. The summed E-state index contributed by atoms with van der Waals surface area (Å²) in [6.45, 7) is 18.0. The van der Waals surface area contributed by atoms with E-state index in [0.717, 1.165) is 44.9 Å². The molecule has 0 aromatic heterocycles. The van der Waals surface area contributed by atoms with Gasteiger partial charge >= 0.3 is 0 Å². The fourth-order valence-electron chi connectivity index (χ4n) is 6.60. The third-order valence-electron chi connectivity index (χ3n) is 8.17. The van der Waals surface area contributed by atoms with E-state index in [1.54, 1.807) is 23.9 Å². The van der Waals surface area contributed by atoms with Crippen molar-refractivity contribution in [1.82, 2.24) is 14.7 Å². The Morgan fingerprint density at radius 1 is 1.14 bits per heavy atom. The van der Waals surface area contributed by atoms with Gasteiger partial charge in [0.15, 0.2) is 0 Å². The molecule has 1 N–H and O–H groups in total. The van der Waals surface area contributed by atoms with Gasteiger partial charge in [-0.15, -0.1) is 24.9 Å². The normalized spacial score (nSPS) is 28.4. The Morgan fingerprint density at radius 3 is 2.41 bits per heavy atom. The molecule has 0 aromatic rings. The summed E-state index contributed by atoms with van der Waals surface area (Å²) >= 11 is 1.73. The van der Waals surface area contributed by atoms with Crippen LogP contribution in [-0.2, 0) is 14.4 Å². The van der Waals surface area contributed by atoms with Gasteiger partial charge in [0.2, 0.25) is 17.7 Å². The molecule has 1 spiro atoms. The van der Waals surface area contributed by atoms with Gasteiger partial charge in [-0.1, -0.05) is 31.9 Å². The number of aliphatic hydroxyl groups is 1. The number of unbranched alkanes of at least 4 members (excludes halogenated alkanes) is 3. The van der Waals surface area contributed by atoms with Crippen molar-refractivity contribution in [1.29, 1.82) is 0 Å². The molecule has 5 atom stereocenters. The van der Waals surface area contributed by atoms with Crippen molar-refractivity contribution < 1.29 is 19.5 Å². The molecule has 0 aromatic carbocycles. The number of nitrogens with zero attached hydrogens (tertiary/aromatic N) is 3. The predicted molar refractivity (Wildman–Crippen MR) is 150 cm³/mol. The molecule has 37 heavy (non-hydrogen) atoms. The van der Waals surface area contributed by atoms with E-state index in [0.29, 0.717) is 26.2 Å². The first-order valence-corrected chi connectivity index (χ1v) is 14.9. The Bertz CT molecular complexity index is 872. The summed E-state index contributed by atoms with van der Waals surface area (Å²) in [4.78, 5) is 47.9. The van der Waals surface area contributed by atoms with Crippen LogP contribution >= 0.6 is 11.8 Å². The number of rotatable bonds is 14. The van der Waals surface area contributed by atoms with Crippen LogP contribution < -0.4 is 0 Å². The van der Waals surface area contributed by atoms with Crippen molar-refractivity contribution in [3.05, 3.63) is 25.3 Å². The Balaban J connectivity index is 1.99. The highest BCUT2D eigenvalue weighted by atomic mass is 32.2. The van der Waals surface area contributed by atoms with E-state index < -0.39 is 28.2 Å². The van der Waals surface area contributed by atoms with Crippen LogP contribution in [0.4, 0.5) is 0 Å². The topological polar surface area (TPSA) is 81.2 Å². The molecule has 8 heteroatoms. The van der Waals surface area contributed by atoms with Gasteiger partial charge in [0.05, 0.1) is 16.6 Å². The molecule has 0 aliphatic carbocycles. The summed E-state index contributed by atoms with van der Waals surface area (Å²) in [6, 6.07) is -0.575. The van der Waals surface area contributed by atoms with Gasteiger partial charge in [-0.3, -0.25) is 14.4 Å². The van der Waals surface area contributed by atoms with Crippen LogP contribution in [0.1, 0.15) is 72.6 Å². The van der Waals surface area contributed by atoms with Crippen LogP contribution in [0.2, 0.25) is 0 Å². The van der Waals surface area contributed by atoms with Crippen LogP contribution in [0.15, 0.2) is 25.3 Å². The molecule has 3 heterocycles. The van der Waals surface area contributed by atoms with E-state index in [9.17, 15) is 14.4 Å². The standard InChI is InChI=1S/C29H47N3O4S/c1-7-16-30(17-8-2)25(34)22-21-14-15-29(37-21)23(22)26(35)31(19-12-10-11-13-20-33)24(29)27(36)32(18-9-3)28(4,5)6/h7,9,21-24,33H,1,3,8,10-20H2,2,4-6H3/t21-,22+,23+,24?,29?/m1/s1. The zero-order valence-electron chi connectivity index (χ0n) is 23.3. The number of carbonyl (C=O) groups is 3. The largest absolute Gasteiger partial charge is 0.396 e. The zero-order valence-corrected chi connectivity index (χ0v) is 24.1. The lowest BCUT2D eigenvalue weighted by Gasteiger charge is -2.42. The van der Waals surface area contributed by atoms with Gasteiger partial charge in [0, 0.05) is 43.6 Å². The van der Waals surface area contributed by atoms with E-state index >= 15 is 0 Å². The van der Waals surface area contributed by atoms with Crippen molar-refractivity contribution in [3.63, 3.8) is 0 Å². The fraction of sp³-hybridized carbons (Fsp3) is 0.759. The summed E-state index contributed by atoms with van der Waals surface area (Å²) in [6.07, 6.45) is 9.27. The third-order valence-corrected chi connectivity index (χ3v) is 10.1. The average Bonchev–Trinajstić information content (AvgIpc) is 3.48. The summed E-state index contributed by atoms with van der Waals surface area (Å²) in [5.41, 5.74) is -0.422. The Labute approximate surface area is 227 Å². The molecular weight excluding hydrogens is 486 g/mol. The zero-order chi connectivity index (χ0) is 27.4. The summed E-state index contributed by atoms with van der Waals surface area (Å²) in [5, 5.41) is 9.20. The number of thioether (sulfide) groups is 1. The molecule has 3 aliphatic heterocycles. The first-order chi connectivity index (χ1) is 17.6. The van der Waals surface area contributed by atoms with E-state index in [1.165, 1.54) is 0 Å². The maximum atomic E-state index is 14.3. The maximum Gasteiger partial charge on any atom is 0.247 e. The highest BCUT2D eigenvalue weighted by Gasteiger charge is 2.74. The molecule has 3 aliphatic rings. The number of fused-ring (bicyclic) bond motifs is 1. The summed E-state index contributed by atoms with van der Waals surface area (Å²) in [5.74, 6) is -0.888. The second kappa shape index (κ2) is 12.4. The second-order valence-electron chi connectivity index (χ2n) is 11.7. The SMILES string of the molecule is C=CCN(CCC)C(=O)[C@@H]1[C@H]2C(=O)N(CCCCCCO)C(C(=O)N(CC=C)C(C)(C)C)C23CC[C@H]1S3. The highest BCUT2D eigenvalue weighted by Crippen LogP contribution is 2.66. The molecule has 0 saturated carbocycles. The molecular formula is C29H47N3O4S. The molecule has 208 valence electrons. The van der Waals surface area contributed by atoms with Crippen LogP contribution in [0.3, 0.4) is 0 Å². The van der Waals surface area contributed by atoms with Crippen molar-refractivity contribution in [3.8, 4) is 0 Å². The van der Waals surface area contributed by atoms with Gasteiger partial charge in [-0.25, -0.2) is 0 Å². The van der Waals surface area contributed by atoms with E-state index in [-0.39, 0.29) is 29.6 Å². The minimum Gasteiger partial charge on any atom is -0.396 e. The van der Waals surface area contributed by atoms with Gasteiger partial charge in [-0.2, -0.15) is 0 Å². The lowest BCUT2D eigenvalue weighted by molar-refractivity contribution is -0.146. The quantitative estimate of drug-likeness (QED) is 0.271.